The minimum Gasteiger partial charge on any atom is -0.314 e. The van der Waals surface area contributed by atoms with Gasteiger partial charge in [0.2, 0.25) is 0 Å². The Morgan fingerprint density at radius 3 is 2.64 bits per heavy atom. The predicted molar refractivity (Wildman–Crippen MR) is 49.6 cm³/mol. The summed E-state index contributed by atoms with van der Waals surface area (Å²) in [6.45, 7) is 8.03. The summed E-state index contributed by atoms with van der Waals surface area (Å²) >= 11 is 0. The second kappa shape index (κ2) is 4.10. The summed E-state index contributed by atoms with van der Waals surface area (Å²) in [5.41, 5.74) is 0. The van der Waals surface area contributed by atoms with Gasteiger partial charge >= 0.3 is 0 Å². The summed E-state index contributed by atoms with van der Waals surface area (Å²) in [6.07, 6.45) is 4.33. The monoisotopic (exact) mass is 155 g/mol. The normalized spacial score (nSPS) is 34.1. The van der Waals surface area contributed by atoms with Crippen LogP contribution in [0.1, 0.15) is 40.0 Å². The Balaban J connectivity index is 2.33. The highest BCUT2D eigenvalue weighted by Crippen LogP contribution is 2.33. The third kappa shape index (κ3) is 2.19. The Morgan fingerprint density at radius 1 is 1.45 bits per heavy atom. The highest BCUT2D eigenvalue weighted by molar-refractivity contribution is 4.81. The van der Waals surface area contributed by atoms with E-state index in [2.05, 4.69) is 26.1 Å². The second-order valence-corrected chi connectivity index (χ2v) is 3.92. The molecule has 3 unspecified atom stereocenters. The maximum absolute atomic E-state index is 3.52. The molecule has 1 saturated carbocycles. The van der Waals surface area contributed by atoms with E-state index in [-0.39, 0.29) is 0 Å². The van der Waals surface area contributed by atoms with Crippen LogP contribution in [0.3, 0.4) is 0 Å². The maximum Gasteiger partial charge on any atom is 0.00694 e. The predicted octanol–water partition coefficient (Wildman–Crippen LogP) is 2.42. The van der Waals surface area contributed by atoms with Crippen molar-refractivity contribution in [2.75, 3.05) is 6.54 Å². The summed E-state index contributed by atoms with van der Waals surface area (Å²) in [4.78, 5) is 0. The molecule has 1 nitrogen and oxygen atoms in total. The Kier molecular flexibility index (Phi) is 3.38. The lowest BCUT2D eigenvalue weighted by atomic mass is 9.91. The van der Waals surface area contributed by atoms with Crippen molar-refractivity contribution in [1.29, 1.82) is 0 Å². The van der Waals surface area contributed by atoms with Crippen LogP contribution < -0.4 is 5.32 Å². The molecule has 3 atom stereocenters. The molecule has 0 spiro atoms. The lowest BCUT2D eigenvalue weighted by Crippen LogP contribution is -2.34. The number of hydrogen-bond donors (Lipinski definition) is 1. The van der Waals surface area contributed by atoms with Crippen molar-refractivity contribution in [2.45, 2.75) is 46.1 Å². The third-order valence-corrected chi connectivity index (χ3v) is 3.10. The standard InChI is InChI=1S/C10H21N/c1-4-11-9(3)10-7-5-6-8(10)2/h8-11H,4-7H2,1-3H3. The molecule has 0 aromatic carbocycles. The summed E-state index contributed by atoms with van der Waals surface area (Å²) in [5, 5.41) is 3.52. The minimum atomic E-state index is 0.734. The van der Waals surface area contributed by atoms with E-state index in [9.17, 15) is 0 Å². The van der Waals surface area contributed by atoms with Crippen LogP contribution in [-0.4, -0.2) is 12.6 Å². The molecule has 1 aliphatic rings. The molecule has 1 N–H and O–H groups in total. The second-order valence-electron chi connectivity index (χ2n) is 3.92. The summed E-state index contributed by atoms with van der Waals surface area (Å²) in [5.74, 6) is 1.89. The summed E-state index contributed by atoms with van der Waals surface area (Å²) < 4.78 is 0. The van der Waals surface area contributed by atoms with E-state index in [0.29, 0.717) is 0 Å². The van der Waals surface area contributed by atoms with Crippen LogP contribution >= 0.6 is 0 Å². The first-order valence-electron chi connectivity index (χ1n) is 4.99. The molecule has 0 heterocycles. The molecule has 0 bridgehead atoms. The Labute approximate surface area is 70.6 Å². The highest BCUT2D eigenvalue weighted by atomic mass is 14.9. The lowest BCUT2D eigenvalue weighted by Gasteiger charge is -2.23. The first-order chi connectivity index (χ1) is 5.25. The van der Waals surface area contributed by atoms with Crippen molar-refractivity contribution in [3.8, 4) is 0 Å². The number of nitrogens with one attached hydrogen (secondary N) is 1. The van der Waals surface area contributed by atoms with Crippen molar-refractivity contribution < 1.29 is 0 Å². The quantitative estimate of drug-likeness (QED) is 0.660. The Morgan fingerprint density at radius 2 is 2.18 bits per heavy atom. The van der Waals surface area contributed by atoms with E-state index in [4.69, 9.17) is 0 Å². The molecule has 1 heteroatoms. The van der Waals surface area contributed by atoms with Gasteiger partial charge in [-0.3, -0.25) is 0 Å². The first-order valence-corrected chi connectivity index (χ1v) is 4.99. The molecule has 0 radical (unpaired) electrons. The molecular formula is C10H21N. The van der Waals surface area contributed by atoms with E-state index in [1.54, 1.807) is 0 Å². The molecule has 1 fully saturated rings. The fraction of sp³-hybridized carbons (Fsp3) is 1.00. The van der Waals surface area contributed by atoms with Gasteiger partial charge < -0.3 is 5.32 Å². The van der Waals surface area contributed by atoms with Crippen LogP contribution in [-0.2, 0) is 0 Å². The molecule has 1 aliphatic carbocycles. The molecule has 66 valence electrons. The molecule has 0 amide bonds. The van der Waals surface area contributed by atoms with Gasteiger partial charge in [-0.2, -0.15) is 0 Å². The third-order valence-electron chi connectivity index (χ3n) is 3.10. The van der Waals surface area contributed by atoms with Crippen LogP contribution in [0.25, 0.3) is 0 Å². The summed E-state index contributed by atoms with van der Waals surface area (Å²) in [6, 6.07) is 0.734. The lowest BCUT2D eigenvalue weighted by molar-refractivity contribution is 0.318. The molecule has 0 aromatic rings. The van der Waals surface area contributed by atoms with E-state index < -0.39 is 0 Å². The number of rotatable bonds is 3. The molecular weight excluding hydrogens is 134 g/mol. The van der Waals surface area contributed by atoms with E-state index in [1.165, 1.54) is 19.3 Å². The van der Waals surface area contributed by atoms with Crippen molar-refractivity contribution in [3.05, 3.63) is 0 Å². The largest absolute Gasteiger partial charge is 0.314 e. The van der Waals surface area contributed by atoms with Gasteiger partial charge in [-0.25, -0.2) is 0 Å². The Hall–Kier alpha value is -0.0400. The van der Waals surface area contributed by atoms with Gasteiger partial charge in [-0.05, 0) is 31.7 Å². The van der Waals surface area contributed by atoms with E-state index >= 15 is 0 Å². The average molecular weight is 155 g/mol. The zero-order valence-corrected chi connectivity index (χ0v) is 8.06. The van der Waals surface area contributed by atoms with Crippen molar-refractivity contribution in [1.82, 2.24) is 5.32 Å². The van der Waals surface area contributed by atoms with Gasteiger partial charge in [0.15, 0.2) is 0 Å². The first kappa shape index (κ1) is 9.05. The fourth-order valence-electron chi connectivity index (χ4n) is 2.39. The van der Waals surface area contributed by atoms with E-state index in [1.807, 2.05) is 0 Å². The van der Waals surface area contributed by atoms with Gasteiger partial charge in [0, 0.05) is 6.04 Å². The van der Waals surface area contributed by atoms with Gasteiger partial charge in [0.1, 0.15) is 0 Å². The summed E-state index contributed by atoms with van der Waals surface area (Å²) in [7, 11) is 0. The minimum absolute atomic E-state index is 0.734. The maximum atomic E-state index is 3.52. The highest BCUT2D eigenvalue weighted by Gasteiger charge is 2.27. The fourth-order valence-corrected chi connectivity index (χ4v) is 2.39. The van der Waals surface area contributed by atoms with Gasteiger partial charge in [0.05, 0.1) is 0 Å². The topological polar surface area (TPSA) is 12.0 Å². The van der Waals surface area contributed by atoms with Crippen LogP contribution in [0.4, 0.5) is 0 Å². The molecule has 0 saturated heterocycles. The van der Waals surface area contributed by atoms with Crippen LogP contribution in [0, 0.1) is 11.8 Å². The van der Waals surface area contributed by atoms with Gasteiger partial charge in [0.25, 0.3) is 0 Å². The van der Waals surface area contributed by atoms with Crippen molar-refractivity contribution in [2.24, 2.45) is 11.8 Å². The van der Waals surface area contributed by atoms with Gasteiger partial charge in [-0.15, -0.1) is 0 Å². The zero-order valence-electron chi connectivity index (χ0n) is 8.06. The average Bonchev–Trinajstić information content (AvgIpc) is 2.36. The van der Waals surface area contributed by atoms with E-state index in [0.717, 1.165) is 24.4 Å². The number of hydrogen-bond acceptors (Lipinski definition) is 1. The van der Waals surface area contributed by atoms with Crippen molar-refractivity contribution >= 4 is 0 Å². The molecule has 11 heavy (non-hydrogen) atoms. The molecule has 0 aliphatic heterocycles. The molecule has 0 aromatic heterocycles. The van der Waals surface area contributed by atoms with Crippen LogP contribution in [0.2, 0.25) is 0 Å². The SMILES string of the molecule is CCNC(C)C1CCCC1C. The van der Waals surface area contributed by atoms with Crippen molar-refractivity contribution in [3.63, 3.8) is 0 Å². The zero-order chi connectivity index (χ0) is 8.27. The molecule has 1 rings (SSSR count). The Bertz CT molecular complexity index is 111. The van der Waals surface area contributed by atoms with Crippen LogP contribution in [0.5, 0.6) is 0 Å². The smallest absolute Gasteiger partial charge is 0.00694 e. The van der Waals surface area contributed by atoms with Gasteiger partial charge in [-0.1, -0.05) is 26.7 Å². The van der Waals surface area contributed by atoms with Crippen LogP contribution in [0.15, 0.2) is 0 Å².